The predicted molar refractivity (Wildman–Crippen MR) is 69.0 cm³/mol. The van der Waals surface area contributed by atoms with Gasteiger partial charge in [0.1, 0.15) is 13.2 Å². The number of Topliss-reactive ketones (excluding diaryl/α,β-unsaturated/α-hetero) is 2. The summed E-state index contributed by atoms with van der Waals surface area (Å²) in [6.45, 7) is 11.6. The molecule has 100 valence electrons. The number of hydrogen-bond donors (Lipinski definition) is 0. The van der Waals surface area contributed by atoms with E-state index in [0.717, 1.165) is 12.8 Å². The van der Waals surface area contributed by atoms with Crippen LogP contribution >= 0.6 is 0 Å². The van der Waals surface area contributed by atoms with Crippen LogP contribution in [0.25, 0.3) is 0 Å². The second-order valence-electron chi connectivity index (χ2n) is 5.81. The second-order valence-corrected chi connectivity index (χ2v) is 5.81. The second kappa shape index (κ2) is 6.29. The molecule has 0 N–H and O–H groups in total. The molecule has 3 nitrogen and oxygen atoms in total. The van der Waals surface area contributed by atoms with Crippen LogP contribution in [0.5, 0.6) is 0 Å². The quantitative estimate of drug-likeness (QED) is 0.657. The molecule has 0 aromatic carbocycles. The highest BCUT2D eigenvalue weighted by Gasteiger charge is 2.27. The van der Waals surface area contributed by atoms with Crippen LogP contribution in [0.2, 0.25) is 0 Å². The van der Waals surface area contributed by atoms with Gasteiger partial charge in [-0.05, 0) is 12.8 Å². The first-order valence-electron chi connectivity index (χ1n) is 6.31. The van der Waals surface area contributed by atoms with E-state index in [0.29, 0.717) is 0 Å². The van der Waals surface area contributed by atoms with Gasteiger partial charge in [0.15, 0.2) is 11.6 Å². The third-order valence-corrected chi connectivity index (χ3v) is 3.74. The Kier molecular flexibility index (Phi) is 6.03. The maximum absolute atomic E-state index is 11.8. The maximum Gasteiger partial charge on any atom is 0.164 e. The largest absolute Gasteiger partial charge is 0.366 e. The molecule has 0 aromatic heterocycles. The average molecular weight is 242 g/mol. The first-order chi connectivity index (χ1) is 7.67. The lowest BCUT2D eigenvalue weighted by molar-refractivity contribution is -0.137. The average Bonchev–Trinajstić information content (AvgIpc) is 2.28. The number of ketones is 2. The third-order valence-electron chi connectivity index (χ3n) is 3.74. The minimum Gasteiger partial charge on any atom is -0.366 e. The van der Waals surface area contributed by atoms with Crippen LogP contribution in [0.4, 0.5) is 0 Å². The van der Waals surface area contributed by atoms with Crippen molar-refractivity contribution in [3.8, 4) is 0 Å². The van der Waals surface area contributed by atoms with Crippen LogP contribution in [0.1, 0.15) is 54.4 Å². The van der Waals surface area contributed by atoms with Crippen LogP contribution in [-0.4, -0.2) is 24.8 Å². The number of rotatable bonds is 8. The van der Waals surface area contributed by atoms with Crippen molar-refractivity contribution in [1.82, 2.24) is 0 Å². The molecule has 0 saturated carbocycles. The summed E-state index contributed by atoms with van der Waals surface area (Å²) in [5.74, 6) is 0.115. The van der Waals surface area contributed by atoms with Crippen LogP contribution in [0, 0.1) is 10.8 Å². The number of carbonyl (C=O) groups excluding carboxylic acids is 2. The molecule has 0 fully saturated rings. The molecular weight excluding hydrogens is 216 g/mol. The SMILES string of the molecule is CCC(C)(C)C(=O)COCC(=O)C(C)(C)CC. The summed E-state index contributed by atoms with van der Waals surface area (Å²) in [4.78, 5) is 23.5. The molecule has 0 aromatic rings. The smallest absolute Gasteiger partial charge is 0.164 e. The van der Waals surface area contributed by atoms with Gasteiger partial charge < -0.3 is 4.74 Å². The molecule has 3 heteroatoms. The van der Waals surface area contributed by atoms with Gasteiger partial charge >= 0.3 is 0 Å². The fraction of sp³-hybridized carbons (Fsp3) is 0.857. The molecule has 0 amide bonds. The van der Waals surface area contributed by atoms with E-state index in [9.17, 15) is 9.59 Å². The lowest BCUT2D eigenvalue weighted by Crippen LogP contribution is -2.31. The Labute approximate surface area is 105 Å². The summed E-state index contributed by atoms with van der Waals surface area (Å²) in [7, 11) is 0. The van der Waals surface area contributed by atoms with Gasteiger partial charge in [-0.2, -0.15) is 0 Å². The van der Waals surface area contributed by atoms with Crippen molar-refractivity contribution in [3.05, 3.63) is 0 Å². The summed E-state index contributed by atoms with van der Waals surface area (Å²) >= 11 is 0. The van der Waals surface area contributed by atoms with Crippen molar-refractivity contribution in [1.29, 1.82) is 0 Å². The molecule has 0 atom stereocenters. The van der Waals surface area contributed by atoms with E-state index in [1.54, 1.807) is 0 Å². The number of hydrogen-bond acceptors (Lipinski definition) is 3. The van der Waals surface area contributed by atoms with E-state index < -0.39 is 0 Å². The number of ether oxygens (including phenoxy) is 1. The summed E-state index contributed by atoms with van der Waals surface area (Å²) in [6.07, 6.45) is 1.56. The fourth-order valence-electron chi connectivity index (χ4n) is 1.02. The Morgan fingerprint density at radius 2 is 1.12 bits per heavy atom. The van der Waals surface area contributed by atoms with Crippen molar-refractivity contribution in [3.63, 3.8) is 0 Å². The normalized spacial score (nSPS) is 12.6. The molecule has 0 bridgehead atoms. The zero-order chi connectivity index (χ0) is 13.7. The molecule has 17 heavy (non-hydrogen) atoms. The zero-order valence-corrected chi connectivity index (χ0v) is 12.1. The number of carbonyl (C=O) groups is 2. The minimum absolute atomic E-state index is 0.0341. The van der Waals surface area contributed by atoms with E-state index in [1.165, 1.54) is 0 Å². The zero-order valence-electron chi connectivity index (χ0n) is 12.1. The van der Waals surface area contributed by atoms with Crippen LogP contribution in [0.15, 0.2) is 0 Å². The highest BCUT2D eigenvalue weighted by atomic mass is 16.5. The van der Waals surface area contributed by atoms with Crippen molar-refractivity contribution >= 4 is 11.6 Å². The Morgan fingerprint density at radius 1 is 0.824 bits per heavy atom. The summed E-state index contributed by atoms with van der Waals surface area (Å²) < 4.78 is 5.23. The summed E-state index contributed by atoms with van der Waals surface area (Å²) in [5, 5.41) is 0. The van der Waals surface area contributed by atoms with E-state index in [1.807, 2.05) is 41.5 Å². The molecule has 0 saturated heterocycles. The highest BCUT2D eigenvalue weighted by Crippen LogP contribution is 2.22. The van der Waals surface area contributed by atoms with Crippen molar-refractivity contribution < 1.29 is 14.3 Å². The van der Waals surface area contributed by atoms with Gasteiger partial charge in [0.05, 0.1) is 0 Å². The maximum atomic E-state index is 11.8. The summed E-state index contributed by atoms with van der Waals surface area (Å²) in [6, 6.07) is 0. The third kappa shape index (κ3) is 4.99. The Bertz CT molecular complexity index is 249. The van der Waals surface area contributed by atoms with Crippen LogP contribution < -0.4 is 0 Å². The Balaban J connectivity index is 4.10. The molecule has 0 aliphatic carbocycles. The van der Waals surface area contributed by atoms with Gasteiger partial charge in [-0.3, -0.25) is 9.59 Å². The van der Waals surface area contributed by atoms with Gasteiger partial charge in [0.2, 0.25) is 0 Å². The molecule has 0 spiro atoms. The van der Waals surface area contributed by atoms with Crippen molar-refractivity contribution in [2.45, 2.75) is 54.4 Å². The molecule has 0 aliphatic rings. The molecule has 0 rings (SSSR count). The Morgan fingerprint density at radius 3 is 1.35 bits per heavy atom. The molecular formula is C14H26O3. The molecule has 0 heterocycles. The first kappa shape index (κ1) is 16.3. The van der Waals surface area contributed by atoms with Gasteiger partial charge in [-0.25, -0.2) is 0 Å². The van der Waals surface area contributed by atoms with Crippen LogP contribution in [0.3, 0.4) is 0 Å². The van der Waals surface area contributed by atoms with E-state index in [4.69, 9.17) is 4.74 Å². The van der Waals surface area contributed by atoms with Crippen molar-refractivity contribution in [2.75, 3.05) is 13.2 Å². The Hall–Kier alpha value is -0.700. The standard InChI is InChI=1S/C14H26O3/c1-7-13(3,4)11(15)9-17-10-12(16)14(5,6)8-2/h7-10H2,1-6H3. The van der Waals surface area contributed by atoms with E-state index >= 15 is 0 Å². The lowest BCUT2D eigenvalue weighted by Gasteiger charge is -2.22. The van der Waals surface area contributed by atoms with Gasteiger partial charge in [0.25, 0.3) is 0 Å². The summed E-state index contributed by atoms with van der Waals surface area (Å²) in [5.41, 5.74) is -0.716. The first-order valence-corrected chi connectivity index (χ1v) is 6.31. The minimum atomic E-state index is -0.358. The van der Waals surface area contributed by atoms with Gasteiger partial charge in [0, 0.05) is 10.8 Å². The topological polar surface area (TPSA) is 43.4 Å². The molecule has 0 aliphatic heterocycles. The molecule has 0 radical (unpaired) electrons. The monoisotopic (exact) mass is 242 g/mol. The highest BCUT2D eigenvalue weighted by molar-refractivity contribution is 5.87. The van der Waals surface area contributed by atoms with Gasteiger partial charge in [-0.15, -0.1) is 0 Å². The van der Waals surface area contributed by atoms with E-state index in [2.05, 4.69) is 0 Å². The van der Waals surface area contributed by atoms with Crippen LogP contribution in [-0.2, 0) is 14.3 Å². The van der Waals surface area contributed by atoms with E-state index in [-0.39, 0.29) is 35.6 Å². The lowest BCUT2D eigenvalue weighted by atomic mass is 9.85. The fourth-order valence-corrected chi connectivity index (χ4v) is 1.02. The molecule has 0 unspecified atom stereocenters. The predicted octanol–water partition coefficient (Wildman–Crippen LogP) is 3.01. The van der Waals surface area contributed by atoms with Gasteiger partial charge in [-0.1, -0.05) is 41.5 Å². The van der Waals surface area contributed by atoms with Crippen molar-refractivity contribution in [2.24, 2.45) is 10.8 Å².